The first kappa shape index (κ1) is 17.8. The number of H-pyrrole nitrogens is 1. The number of aromatic nitrogens is 2. The van der Waals surface area contributed by atoms with E-state index in [1.165, 1.54) is 0 Å². The minimum absolute atomic E-state index is 0.196. The zero-order chi connectivity index (χ0) is 19.3. The molecule has 28 heavy (non-hydrogen) atoms. The molecule has 4 aromatic rings. The van der Waals surface area contributed by atoms with Crippen molar-refractivity contribution < 1.29 is 9.53 Å². The SMILES string of the molecule is COc1ccccc1C(=O)N[C@H](Cc1ccccc1)c1nc2ccccc2[nH]1. The van der Waals surface area contributed by atoms with Crippen molar-refractivity contribution >= 4 is 16.9 Å². The van der Waals surface area contributed by atoms with E-state index in [9.17, 15) is 4.79 Å². The molecule has 5 nitrogen and oxygen atoms in total. The second-order valence-electron chi connectivity index (χ2n) is 6.56. The molecule has 0 aliphatic carbocycles. The van der Waals surface area contributed by atoms with Crippen LogP contribution in [0.15, 0.2) is 78.9 Å². The van der Waals surface area contributed by atoms with Crippen molar-refractivity contribution in [2.75, 3.05) is 7.11 Å². The molecule has 0 bridgehead atoms. The van der Waals surface area contributed by atoms with Gasteiger partial charge in [0.1, 0.15) is 11.6 Å². The highest BCUT2D eigenvalue weighted by Crippen LogP contribution is 2.22. The first-order valence-corrected chi connectivity index (χ1v) is 9.17. The van der Waals surface area contributed by atoms with Crippen molar-refractivity contribution in [3.8, 4) is 5.75 Å². The topological polar surface area (TPSA) is 67.0 Å². The lowest BCUT2D eigenvalue weighted by Gasteiger charge is -2.18. The molecule has 0 unspecified atom stereocenters. The van der Waals surface area contributed by atoms with Crippen LogP contribution in [0.4, 0.5) is 0 Å². The van der Waals surface area contributed by atoms with Gasteiger partial charge < -0.3 is 15.0 Å². The van der Waals surface area contributed by atoms with Gasteiger partial charge in [-0.05, 0) is 36.2 Å². The Bertz CT molecular complexity index is 1060. The maximum atomic E-state index is 13.0. The molecular weight excluding hydrogens is 350 g/mol. The summed E-state index contributed by atoms with van der Waals surface area (Å²) in [7, 11) is 1.56. The van der Waals surface area contributed by atoms with E-state index >= 15 is 0 Å². The summed E-state index contributed by atoms with van der Waals surface area (Å²) in [6, 6.07) is 24.8. The van der Waals surface area contributed by atoms with E-state index < -0.39 is 0 Å². The highest BCUT2D eigenvalue weighted by molar-refractivity contribution is 5.97. The summed E-state index contributed by atoms with van der Waals surface area (Å²) in [5.74, 6) is 1.08. The number of imidazole rings is 1. The Morgan fingerprint density at radius 2 is 1.71 bits per heavy atom. The molecule has 1 aromatic heterocycles. The van der Waals surface area contributed by atoms with Crippen LogP contribution < -0.4 is 10.1 Å². The summed E-state index contributed by atoms with van der Waals surface area (Å²) in [5, 5.41) is 3.12. The van der Waals surface area contributed by atoms with Gasteiger partial charge in [0, 0.05) is 0 Å². The lowest BCUT2D eigenvalue weighted by atomic mass is 10.0. The Balaban J connectivity index is 1.67. The predicted molar refractivity (Wildman–Crippen MR) is 109 cm³/mol. The zero-order valence-electron chi connectivity index (χ0n) is 15.6. The molecule has 1 amide bonds. The fraction of sp³-hybridized carbons (Fsp3) is 0.130. The largest absolute Gasteiger partial charge is 0.496 e. The third-order valence-electron chi connectivity index (χ3n) is 4.68. The number of aromatic amines is 1. The zero-order valence-corrected chi connectivity index (χ0v) is 15.6. The summed E-state index contributed by atoms with van der Waals surface area (Å²) in [6.45, 7) is 0. The molecule has 4 rings (SSSR count). The highest BCUT2D eigenvalue weighted by Gasteiger charge is 2.21. The van der Waals surface area contributed by atoms with Crippen LogP contribution in [0.5, 0.6) is 5.75 Å². The molecule has 0 saturated heterocycles. The number of para-hydroxylation sites is 3. The second kappa shape index (κ2) is 7.96. The number of hydrogen-bond acceptors (Lipinski definition) is 3. The molecule has 1 heterocycles. The van der Waals surface area contributed by atoms with Gasteiger partial charge in [0.25, 0.3) is 5.91 Å². The van der Waals surface area contributed by atoms with Gasteiger partial charge in [0.2, 0.25) is 0 Å². The van der Waals surface area contributed by atoms with Gasteiger partial charge in [-0.2, -0.15) is 0 Å². The number of carbonyl (C=O) groups excluding carboxylic acids is 1. The van der Waals surface area contributed by atoms with E-state index in [0.717, 1.165) is 22.4 Å². The Morgan fingerprint density at radius 1 is 1.00 bits per heavy atom. The number of fused-ring (bicyclic) bond motifs is 1. The molecule has 0 radical (unpaired) electrons. The van der Waals surface area contributed by atoms with Crippen LogP contribution in [-0.4, -0.2) is 23.0 Å². The van der Waals surface area contributed by atoms with Crippen LogP contribution in [0.1, 0.15) is 27.8 Å². The maximum Gasteiger partial charge on any atom is 0.255 e. The average Bonchev–Trinajstić information content (AvgIpc) is 3.18. The Labute approximate surface area is 163 Å². The van der Waals surface area contributed by atoms with Gasteiger partial charge >= 0.3 is 0 Å². The number of ether oxygens (including phenoxy) is 1. The lowest BCUT2D eigenvalue weighted by molar-refractivity contribution is 0.0932. The van der Waals surface area contributed by atoms with Crippen LogP contribution in [-0.2, 0) is 6.42 Å². The van der Waals surface area contributed by atoms with Crippen LogP contribution in [0.3, 0.4) is 0 Å². The number of nitrogens with one attached hydrogen (secondary N) is 2. The Hall–Kier alpha value is -3.60. The molecule has 3 aromatic carbocycles. The first-order valence-electron chi connectivity index (χ1n) is 9.17. The summed E-state index contributed by atoms with van der Waals surface area (Å²) in [4.78, 5) is 21.0. The molecule has 5 heteroatoms. The van der Waals surface area contributed by atoms with E-state index in [2.05, 4.69) is 10.3 Å². The highest BCUT2D eigenvalue weighted by atomic mass is 16.5. The van der Waals surface area contributed by atoms with Crippen LogP contribution in [0.25, 0.3) is 11.0 Å². The minimum atomic E-state index is -0.299. The van der Waals surface area contributed by atoms with Crippen LogP contribution in [0, 0.1) is 0 Å². The van der Waals surface area contributed by atoms with Gasteiger partial charge in [0.05, 0.1) is 29.7 Å². The van der Waals surface area contributed by atoms with E-state index in [0.29, 0.717) is 17.7 Å². The van der Waals surface area contributed by atoms with Crippen molar-refractivity contribution in [3.63, 3.8) is 0 Å². The first-order chi connectivity index (χ1) is 13.7. The molecular formula is C23H21N3O2. The Morgan fingerprint density at radius 3 is 2.50 bits per heavy atom. The number of hydrogen-bond donors (Lipinski definition) is 2. The van der Waals surface area contributed by atoms with Crippen molar-refractivity contribution in [1.29, 1.82) is 0 Å². The van der Waals surface area contributed by atoms with Gasteiger partial charge in [-0.15, -0.1) is 0 Å². The minimum Gasteiger partial charge on any atom is -0.496 e. The van der Waals surface area contributed by atoms with Gasteiger partial charge in [-0.1, -0.05) is 54.6 Å². The lowest BCUT2D eigenvalue weighted by Crippen LogP contribution is -2.31. The molecule has 0 aliphatic rings. The van der Waals surface area contributed by atoms with Gasteiger partial charge in [0.15, 0.2) is 0 Å². The predicted octanol–water partition coefficient (Wildman–Crippen LogP) is 4.29. The van der Waals surface area contributed by atoms with E-state index in [1.54, 1.807) is 19.2 Å². The normalized spacial score (nSPS) is 11.9. The third kappa shape index (κ3) is 3.74. The summed E-state index contributed by atoms with van der Waals surface area (Å²) in [6.07, 6.45) is 0.627. The smallest absolute Gasteiger partial charge is 0.255 e. The summed E-state index contributed by atoms with van der Waals surface area (Å²) >= 11 is 0. The molecule has 0 spiro atoms. The number of rotatable bonds is 6. The molecule has 140 valence electrons. The van der Waals surface area contributed by atoms with Gasteiger partial charge in [-0.3, -0.25) is 4.79 Å². The Kier molecular flexibility index (Phi) is 5.06. The van der Waals surface area contributed by atoms with Crippen molar-refractivity contribution in [1.82, 2.24) is 15.3 Å². The van der Waals surface area contributed by atoms with E-state index in [-0.39, 0.29) is 11.9 Å². The number of methoxy groups -OCH3 is 1. The summed E-state index contributed by atoms with van der Waals surface area (Å²) in [5.41, 5.74) is 3.44. The number of benzene rings is 3. The number of amides is 1. The molecule has 0 saturated carbocycles. The van der Waals surface area contributed by atoms with Crippen LogP contribution >= 0.6 is 0 Å². The van der Waals surface area contributed by atoms with Crippen molar-refractivity contribution in [2.24, 2.45) is 0 Å². The van der Waals surface area contributed by atoms with E-state index in [4.69, 9.17) is 9.72 Å². The number of nitrogens with zero attached hydrogens (tertiary/aromatic N) is 1. The monoisotopic (exact) mass is 371 g/mol. The molecule has 2 N–H and O–H groups in total. The number of carbonyl (C=O) groups is 1. The van der Waals surface area contributed by atoms with Crippen LogP contribution in [0.2, 0.25) is 0 Å². The maximum absolute atomic E-state index is 13.0. The fourth-order valence-electron chi connectivity index (χ4n) is 3.27. The fourth-order valence-corrected chi connectivity index (χ4v) is 3.27. The standard InChI is InChI=1S/C23H21N3O2/c1-28-21-14-8-5-11-17(21)23(27)26-20(15-16-9-3-2-4-10-16)22-24-18-12-6-7-13-19(18)25-22/h2-14,20H,15H2,1H3,(H,24,25)(H,26,27)/t20-/m1/s1. The molecule has 0 aliphatic heterocycles. The van der Waals surface area contributed by atoms with Gasteiger partial charge in [-0.25, -0.2) is 4.98 Å². The molecule has 1 atom stereocenters. The summed E-state index contributed by atoms with van der Waals surface area (Å²) < 4.78 is 5.34. The quantitative estimate of drug-likeness (QED) is 0.531. The molecule has 0 fully saturated rings. The van der Waals surface area contributed by atoms with Crippen molar-refractivity contribution in [2.45, 2.75) is 12.5 Å². The average molecular weight is 371 g/mol. The third-order valence-corrected chi connectivity index (χ3v) is 4.68. The van der Waals surface area contributed by atoms with E-state index in [1.807, 2.05) is 66.7 Å². The second-order valence-corrected chi connectivity index (χ2v) is 6.56. The van der Waals surface area contributed by atoms with Crippen molar-refractivity contribution in [3.05, 3.63) is 95.8 Å².